The number of ether oxygens (including phenoxy) is 2. The summed E-state index contributed by atoms with van der Waals surface area (Å²) < 4.78 is 11.7. The number of esters is 1. The SMILES string of the molecule is CC(=O)CNC[C@@H]1C(=O)O[C@H]2[C@H]1CC/C(C)=C/CC[C@@]1(C)O[C@@H]21. The minimum atomic E-state index is -0.181. The van der Waals surface area contributed by atoms with E-state index in [1.807, 2.05) is 0 Å². The number of carbonyl (C=O) groups is 2. The second-order valence-corrected chi connectivity index (χ2v) is 7.48. The van der Waals surface area contributed by atoms with Crippen molar-refractivity contribution >= 4 is 11.8 Å². The Labute approximate surface area is 137 Å². The minimum absolute atomic E-state index is 0.0288. The summed E-state index contributed by atoms with van der Waals surface area (Å²) in [5.74, 6) is -0.0826. The number of Topliss-reactive ketones (excluding diaryl/α,β-unsaturated/α-hetero) is 1. The van der Waals surface area contributed by atoms with Gasteiger partial charge in [0.1, 0.15) is 18.0 Å². The van der Waals surface area contributed by atoms with Gasteiger partial charge in [-0.2, -0.15) is 0 Å². The van der Waals surface area contributed by atoms with E-state index in [4.69, 9.17) is 9.47 Å². The maximum absolute atomic E-state index is 12.3. The van der Waals surface area contributed by atoms with Crippen molar-refractivity contribution in [2.45, 2.75) is 64.3 Å². The molecule has 128 valence electrons. The third-order valence-corrected chi connectivity index (χ3v) is 5.48. The second-order valence-electron chi connectivity index (χ2n) is 7.48. The molecule has 23 heavy (non-hydrogen) atoms. The van der Waals surface area contributed by atoms with Crippen molar-refractivity contribution in [2.75, 3.05) is 13.1 Å². The van der Waals surface area contributed by atoms with Crippen LogP contribution in [0.5, 0.6) is 0 Å². The maximum atomic E-state index is 12.3. The van der Waals surface area contributed by atoms with E-state index in [0.717, 1.165) is 25.7 Å². The van der Waals surface area contributed by atoms with Gasteiger partial charge in [-0.1, -0.05) is 11.6 Å². The van der Waals surface area contributed by atoms with E-state index < -0.39 is 0 Å². The molecule has 5 heteroatoms. The fourth-order valence-electron chi connectivity index (χ4n) is 3.98. The minimum Gasteiger partial charge on any atom is -0.459 e. The van der Waals surface area contributed by atoms with E-state index in [9.17, 15) is 9.59 Å². The zero-order valence-electron chi connectivity index (χ0n) is 14.3. The molecular weight excluding hydrogens is 294 g/mol. The molecule has 0 spiro atoms. The first-order valence-corrected chi connectivity index (χ1v) is 8.65. The Hall–Kier alpha value is -1.20. The molecule has 2 fully saturated rings. The number of hydrogen-bond acceptors (Lipinski definition) is 5. The molecule has 2 heterocycles. The molecule has 2 saturated heterocycles. The van der Waals surface area contributed by atoms with Crippen LogP contribution in [0.4, 0.5) is 0 Å². The predicted molar refractivity (Wildman–Crippen MR) is 85.9 cm³/mol. The quantitative estimate of drug-likeness (QED) is 0.487. The largest absolute Gasteiger partial charge is 0.459 e. The highest BCUT2D eigenvalue weighted by atomic mass is 16.6. The molecule has 0 aromatic heterocycles. The van der Waals surface area contributed by atoms with Crippen LogP contribution in [0.2, 0.25) is 0 Å². The van der Waals surface area contributed by atoms with Gasteiger partial charge in [-0.3, -0.25) is 9.59 Å². The molecule has 5 nitrogen and oxygen atoms in total. The summed E-state index contributed by atoms with van der Waals surface area (Å²) in [7, 11) is 0. The molecule has 0 amide bonds. The van der Waals surface area contributed by atoms with Crippen molar-refractivity contribution in [1.82, 2.24) is 5.32 Å². The first kappa shape index (κ1) is 16.7. The number of fused-ring (bicyclic) bond motifs is 3. The van der Waals surface area contributed by atoms with Crippen LogP contribution in [-0.2, 0) is 19.1 Å². The normalized spacial score (nSPS) is 42.0. The topological polar surface area (TPSA) is 67.9 Å². The van der Waals surface area contributed by atoms with Gasteiger partial charge in [0.15, 0.2) is 0 Å². The monoisotopic (exact) mass is 321 g/mol. The van der Waals surface area contributed by atoms with E-state index in [1.165, 1.54) is 5.57 Å². The fourth-order valence-corrected chi connectivity index (χ4v) is 3.98. The Kier molecular flexibility index (Phi) is 4.61. The van der Waals surface area contributed by atoms with Crippen molar-refractivity contribution in [2.24, 2.45) is 11.8 Å². The third kappa shape index (κ3) is 3.50. The Morgan fingerprint density at radius 3 is 3.00 bits per heavy atom. The lowest BCUT2D eigenvalue weighted by atomic mass is 9.80. The van der Waals surface area contributed by atoms with Crippen LogP contribution in [0.25, 0.3) is 0 Å². The molecule has 1 aliphatic carbocycles. The first-order chi connectivity index (χ1) is 10.9. The summed E-state index contributed by atoms with van der Waals surface area (Å²) in [4.78, 5) is 23.4. The highest BCUT2D eigenvalue weighted by molar-refractivity contribution is 5.78. The number of ketones is 1. The molecule has 0 aromatic rings. The molecule has 2 aliphatic heterocycles. The molecule has 5 atom stereocenters. The number of allylic oxidation sites excluding steroid dienone is 2. The molecule has 0 unspecified atom stereocenters. The Morgan fingerprint density at radius 2 is 2.26 bits per heavy atom. The van der Waals surface area contributed by atoms with Gasteiger partial charge in [0.2, 0.25) is 0 Å². The molecule has 1 N–H and O–H groups in total. The van der Waals surface area contributed by atoms with Crippen LogP contribution < -0.4 is 5.32 Å². The molecule has 0 radical (unpaired) electrons. The smallest absolute Gasteiger partial charge is 0.311 e. The van der Waals surface area contributed by atoms with Crippen LogP contribution in [0, 0.1) is 11.8 Å². The lowest BCUT2D eigenvalue weighted by molar-refractivity contribution is -0.144. The Morgan fingerprint density at radius 1 is 1.48 bits per heavy atom. The van der Waals surface area contributed by atoms with Crippen molar-refractivity contribution in [3.63, 3.8) is 0 Å². The maximum Gasteiger partial charge on any atom is 0.311 e. The Bertz CT molecular complexity index is 529. The molecule has 0 bridgehead atoms. The zero-order chi connectivity index (χ0) is 16.6. The van der Waals surface area contributed by atoms with Gasteiger partial charge >= 0.3 is 5.97 Å². The zero-order valence-corrected chi connectivity index (χ0v) is 14.3. The average molecular weight is 321 g/mol. The first-order valence-electron chi connectivity index (χ1n) is 8.65. The lowest BCUT2D eigenvalue weighted by Crippen LogP contribution is -2.35. The van der Waals surface area contributed by atoms with Gasteiger partial charge in [-0.25, -0.2) is 0 Å². The van der Waals surface area contributed by atoms with Crippen molar-refractivity contribution < 1.29 is 19.1 Å². The second kappa shape index (κ2) is 6.36. The van der Waals surface area contributed by atoms with E-state index >= 15 is 0 Å². The highest BCUT2D eigenvalue weighted by Crippen LogP contribution is 2.50. The lowest BCUT2D eigenvalue weighted by Gasteiger charge is -2.22. The number of hydrogen-bond donors (Lipinski definition) is 1. The average Bonchev–Trinajstić information content (AvgIpc) is 3.04. The van der Waals surface area contributed by atoms with Crippen LogP contribution >= 0.6 is 0 Å². The van der Waals surface area contributed by atoms with Crippen molar-refractivity contribution in [3.8, 4) is 0 Å². The molecule has 3 aliphatic rings. The fraction of sp³-hybridized carbons (Fsp3) is 0.778. The highest BCUT2D eigenvalue weighted by Gasteiger charge is 2.62. The summed E-state index contributed by atoms with van der Waals surface area (Å²) in [6.45, 7) is 6.63. The summed E-state index contributed by atoms with van der Waals surface area (Å²) in [6.07, 6.45) is 6.11. The van der Waals surface area contributed by atoms with Gasteiger partial charge in [-0.05, 0) is 46.5 Å². The van der Waals surface area contributed by atoms with E-state index in [1.54, 1.807) is 6.92 Å². The van der Waals surface area contributed by atoms with Gasteiger partial charge < -0.3 is 14.8 Å². The molecule has 3 rings (SSSR count). The van der Waals surface area contributed by atoms with Crippen LogP contribution in [0.3, 0.4) is 0 Å². The number of epoxide rings is 1. The summed E-state index contributed by atoms with van der Waals surface area (Å²) >= 11 is 0. The molecular formula is C18H27NO4. The third-order valence-electron chi connectivity index (χ3n) is 5.48. The van der Waals surface area contributed by atoms with E-state index in [2.05, 4.69) is 25.2 Å². The summed E-state index contributed by atoms with van der Waals surface area (Å²) in [5, 5.41) is 3.10. The Balaban J connectivity index is 1.73. The standard InChI is InChI=1S/C18H27NO4/c1-11-5-4-8-18(3)16(23-18)15-13(7-6-11)14(17(21)22-15)10-19-9-12(2)20/h5,13-16,19H,4,6-10H2,1-3H3/b11-5+/t13-,14-,15-,16-,18+/m0/s1. The number of nitrogens with one attached hydrogen (secondary N) is 1. The van der Waals surface area contributed by atoms with Crippen molar-refractivity contribution in [1.29, 1.82) is 0 Å². The van der Waals surface area contributed by atoms with Crippen LogP contribution in [-0.4, -0.2) is 42.7 Å². The van der Waals surface area contributed by atoms with Crippen molar-refractivity contribution in [3.05, 3.63) is 11.6 Å². The van der Waals surface area contributed by atoms with Gasteiger partial charge in [-0.15, -0.1) is 0 Å². The van der Waals surface area contributed by atoms with E-state index in [-0.39, 0.29) is 41.4 Å². The predicted octanol–water partition coefficient (Wildman–Crippen LogP) is 2.00. The summed E-state index contributed by atoms with van der Waals surface area (Å²) in [5.41, 5.74) is 1.22. The van der Waals surface area contributed by atoms with Gasteiger partial charge in [0.05, 0.1) is 18.1 Å². The van der Waals surface area contributed by atoms with Gasteiger partial charge in [0, 0.05) is 12.5 Å². The van der Waals surface area contributed by atoms with Crippen LogP contribution in [0.1, 0.15) is 46.5 Å². The van der Waals surface area contributed by atoms with Crippen LogP contribution in [0.15, 0.2) is 11.6 Å². The molecule has 0 saturated carbocycles. The summed E-state index contributed by atoms with van der Waals surface area (Å²) in [6, 6.07) is 0. The number of rotatable bonds is 4. The van der Waals surface area contributed by atoms with E-state index in [0.29, 0.717) is 13.1 Å². The number of carbonyl (C=O) groups excluding carboxylic acids is 2. The van der Waals surface area contributed by atoms with Gasteiger partial charge in [0.25, 0.3) is 0 Å². The molecule has 0 aromatic carbocycles.